The maximum Gasteiger partial charge on any atom is 0.226 e. The second-order valence-corrected chi connectivity index (χ2v) is 6.19. The summed E-state index contributed by atoms with van der Waals surface area (Å²) in [4.78, 5) is 28.4. The molecule has 0 unspecified atom stereocenters. The van der Waals surface area contributed by atoms with Crippen molar-refractivity contribution in [1.29, 1.82) is 0 Å². The quantitative estimate of drug-likeness (QED) is 0.577. The van der Waals surface area contributed by atoms with Crippen molar-refractivity contribution in [3.63, 3.8) is 0 Å². The van der Waals surface area contributed by atoms with Gasteiger partial charge in [0.05, 0.1) is 13.2 Å². The lowest BCUT2D eigenvalue weighted by atomic mass is 10.1. The molecule has 7 heteroatoms. The van der Waals surface area contributed by atoms with E-state index in [1.807, 2.05) is 19.1 Å². The SMILES string of the molecule is CCOc1ccc(C(=O)CCC(=O)Nc2ccn(Cc3cccnc3)n2)cc1. The number of ether oxygens (including phenoxy) is 1. The summed E-state index contributed by atoms with van der Waals surface area (Å²) < 4.78 is 7.08. The van der Waals surface area contributed by atoms with Crippen LogP contribution in [0.25, 0.3) is 0 Å². The van der Waals surface area contributed by atoms with Gasteiger partial charge < -0.3 is 10.1 Å². The van der Waals surface area contributed by atoms with Crippen LogP contribution in [0.5, 0.6) is 5.75 Å². The van der Waals surface area contributed by atoms with E-state index in [-0.39, 0.29) is 24.5 Å². The highest BCUT2D eigenvalue weighted by Gasteiger charge is 2.11. The zero-order valence-electron chi connectivity index (χ0n) is 15.7. The topological polar surface area (TPSA) is 86.1 Å². The predicted octanol–water partition coefficient (Wildman–Crippen LogP) is 3.33. The zero-order chi connectivity index (χ0) is 19.8. The highest BCUT2D eigenvalue weighted by Crippen LogP contribution is 2.14. The number of rotatable bonds is 9. The lowest BCUT2D eigenvalue weighted by molar-refractivity contribution is -0.116. The molecule has 0 saturated heterocycles. The molecular formula is C21H22N4O3. The van der Waals surface area contributed by atoms with Gasteiger partial charge in [0.25, 0.3) is 0 Å². The van der Waals surface area contributed by atoms with Crippen molar-refractivity contribution < 1.29 is 14.3 Å². The Morgan fingerprint density at radius 2 is 1.93 bits per heavy atom. The molecule has 0 saturated carbocycles. The molecule has 0 aliphatic heterocycles. The van der Waals surface area contributed by atoms with E-state index >= 15 is 0 Å². The van der Waals surface area contributed by atoms with E-state index in [1.54, 1.807) is 53.6 Å². The summed E-state index contributed by atoms with van der Waals surface area (Å²) in [5.74, 6) is 0.854. The number of nitrogens with one attached hydrogen (secondary N) is 1. The first-order valence-corrected chi connectivity index (χ1v) is 9.12. The molecule has 0 aliphatic carbocycles. The van der Waals surface area contributed by atoms with Crippen LogP contribution in [0.1, 0.15) is 35.7 Å². The van der Waals surface area contributed by atoms with Crippen LogP contribution in [-0.4, -0.2) is 33.1 Å². The zero-order valence-corrected chi connectivity index (χ0v) is 15.7. The minimum absolute atomic E-state index is 0.0831. The molecule has 3 rings (SSSR count). The van der Waals surface area contributed by atoms with Crippen LogP contribution in [0.3, 0.4) is 0 Å². The van der Waals surface area contributed by atoms with E-state index in [4.69, 9.17) is 4.74 Å². The molecule has 0 fully saturated rings. The Morgan fingerprint density at radius 1 is 1.11 bits per heavy atom. The molecule has 7 nitrogen and oxygen atoms in total. The summed E-state index contributed by atoms with van der Waals surface area (Å²) in [7, 11) is 0. The second kappa shape index (κ2) is 9.45. The van der Waals surface area contributed by atoms with E-state index in [0.29, 0.717) is 24.5 Å². The fraction of sp³-hybridized carbons (Fsp3) is 0.238. The van der Waals surface area contributed by atoms with Gasteiger partial charge >= 0.3 is 0 Å². The Kier molecular flexibility index (Phi) is 6.51. The molecule has 1 amide bonds. The smallest absolute Gasteiger partial charge is 0.226 e. The van der Waals surface area contributed by atoms with E-state index in [0.717, 1.165) is 11.3 Å². The molecule has 3 aromatic rings. The maximum atomic E-state index is 12.2. The first-order valence-electron chi connectivity index (χ1n) is 9.12. The molecule has 0 spiro atoms. The van der Waals surface area contributed by atoms with Gasteiger partial charge in [-0.05, 0) is 42.8 Å². The number of hydrogen-bond acceptors (Lipinski definition) is 5. The van der Waals surface area contributed by atoms with Crippen LogP contribution < -0.4 is 10.1 Å². The Labute approximate surface area is 163 Å². The number of benzene rings is 1. The normalized spacial score (nSPS) is 10.5. The Hall–Kier alpha value is -3.48. The number of pyridine rings is 1. The number of anilines is 1. The van der Waals surface area contributed by atoms with Crippen LogP contribution in [-0.2, 0) is 11.3 Å². The van der Waals surface area contributed by atoms with Crippen LogP contribution in [0, 0.1) is 0 Å². The van der Waals surface area contributed by atoms with Crippen LogP contribution in [0.15, 0.2) is 61.1 Å². The lowest BCUT2D eigenvalue weighted by Gasteiger charge is -2.05. The average Bonchev–Trinajstić information content (AvgIpc) is 3.14. The Balaban J connectivity index is 1.47. The molecule has 28 heavy (non-hydrogen) atoms. The first-order chi connectivity index (χ1) is 13.6. The fourth-order valence-electron chi connectivity index (χ4n) is 2.68. The van der Waals surface area contributed by atoms with Gasteiger partial charge in [0.15, 0.2) is 11.6 Å². The van der Waals surface area contributed by atoms with Gasteiger partial charge in [-0.3, -0.25) is 19.3 Å². The first kappa shape index (κ1) is 19.3. The molecule has 1 aromatic carbocycles. The third kappa shape index (κ3) is 5.51. The summed E-state index contributed by atoms with van der Waals surface area (Å²) in [6.45, 7) is 3.05. The molecule has 0 aliphatic rings. The van der Waals surface area contributed by atoms with Crippen molar-refractivity contribution in [3.05, 3.63) is 72.2 Å². The van der Waals surface area contributed by atoms with E-state index in [1.165, 1.54) is 0 Å². The Bertz CT molecular complexity index is 920. The minimum atomic E-state index is -0.245. The summed E-state index contributed by atoms with van der Waals surface area (Å²) in [6, 6.07) is 12.5. The summed E-state index contributed by atoms with van der Waals surface area (Å²) in [5, 5.41) is 7.04. The van der Waals surface area contributed by atoms with Crippen molar-refractivity contribution in [2.45, 2.75) is 26.3 Å². The predicted molar refractivity (Wildman–Crippen MR) is 105 cm³/mol. The molecule has 2 heterocycles. The van der Waals surface area contributed by atoms with E-state index < -0.39 is 0 Å². The third-order valence-electron chi connectivity index (χ3n) is 4.04. The number of ketones is 1. The van der Waals surface area contributed by atoms with Crippen LogP contribution >= 0.6 is 0 Å². The molecule has 0 atom stereocenters. The molecule has 0 radical (unpaired) electrons. The van der Waals surface area contributed by atoms with Crippen LogP contribution in [0.2, 0.25) is 0 Å². The average molecular weight is 378 g/mol. The van der Waals surface area contributed by atoms with Crippen LogP contribution in [0.4, 0.5) is 5.82 Å². The summed E-state index contributed by atoms with van der Waals surface area (Å²) >= 11 is 0. The van der Waals surface area contributed by atoms with E-state index in [9.17, 15) is 9.59 Å². The molecular weight excluding hydrogens is 356 g/mol. The molecule has 2 aromatic heterocycles. The number of Topliss-reactive ketones (excluding diaryl/α,β-unsaturated/α-hetero) is 1. The van der Waals surface area contributed by atoms with Gasteiger partial charge in [0.1, 0.15) is 5.75 Å². The van der Waals surface area contributed by atoms with Gasteiger partial charge in [0, 0.05) is 43.1 Å². The number of amides is 1. The van der Waals surface area contributed by atoms with Gasteiger partial charge in [-0.15, -0.1) is 0 Å². The third-order valence-corrected chi connectivity index (χ3v) is 4.04. The van der Waals surface area contributed by atoms with Gasteiger partial charge in [0.2, 0.25) is 5.91 Å². The highest BCUT2D eigenvalue weighted by molar-refractivity contribution is 5.99. The maximum absolute atomic E-state index is 12.2. The van der Waals surface area contributed by atoms with Gasteiger partial charge in [-0.25, -0.2) is 0 Å². The monoisotopic (exact) mass is 378 g/mol. The van der Waals surface area contributed by atoms with Crippen molar-refractivity contribution in [2.75, 3.05) is 11.9 Å². The number of hydrogen-bond donors (Lipinski definition) is 1. The number of aromatic nitrogens is 3. The highest BCUT2D eigenvalue weighted by atomic mass is 16.5. The largest absolute Gasteiger partial charge is 0.494 e. The fourth-order valence-corrected chi connectivity index (χ4v) is 2.68. The van der Waals surface area contributed by atoms with Gasteiger partial charge in [-0.1, -0.05) is 6.07 Å². The summed E-state index contributed by atoms with van der Waals surface area (Å²) in [5.41, 5.74) is 1.58. The molecule has 1 N–H and O–H groups in total. The number of carbonyl (C=O) groups excluding carboxylic acids is 2. The standard InChI is InChI=1S/C21H22N4O3/c1-2-28-18-7-5-17(6-8-18)19(26)9-10-21(27)23-20-11-13-25(24-20)15-16-4-3-12-22-14-16/h3-8,11-14H,2,9-10,15H2,1H3,(H,23,24,27). The Morgan fingerprint density at radius 3 is 2.64 bits per heavy atom. The van der Waals surface area contributed by atoms with Crippen molar-refractivity contribution in [3.8, 4) is 5.75 Å². The summed E-state index contributed by atoms with van der Waals surface area (Å²) in [6.07, 6.45) is 5.50. The van der Waals surface area contributed by atoms with Crippen molar-refractivity contribution in [2.24, 2.45) is 0 Å². The van der Waals surface area contributed by atoms with Gasteiger partial charge in [-0.2, -0.15) is 5.10 Å². The van der Waals surface area contributed by atoms with Crippen molar-refractivity contribution >= 4 is 17.5 Å². The number of nitrogens with zero attached hydrogens (tertiary/aromatic N) is 3. The lowest BCUT2D eigenvalue weighted by Crippen LogP contribution is -2.14. The molecule has 0 bridgehead atoms. The molecule has 144 valence electrons. The van der Waals surface area contributed by atoms with E-state index in [2.05, 4.69) is 15.4 Å². The minimum Gasteiger partial charge on any atom is -0.494 e. The van der Waals surface area contributed by atoms with Crippen molar-refractivity contribution in [1.82, 2.24) is 14.8 Å². The number of carbonyl (C=O) groups is 2. The second-order valence-electron chi connectivity index (χ2n) is 6.19.